The molecule has 1 fully saturated rings. The minimum Gasteiger partial charge on any atom is -0.481 e. The summed E-state index contributed by atoms with van der Waals surface area (Å²) < 4.78 is 17.7. The molecular weight excluding hydrogens is 566 g/mol. The minimum absolute atomic E-state index is 0.160. The number of aliphatic hydroxyl groups is 2. The molecular formula is C33H39N3O8. The quantitative estimate of drug-likeness (QED) is 0.304. The third-order valence-corrected chi connectivity index (χ3v) is 9.82. The number of nitrogens with two attached hydrogens (primary N) is 1. The van der Waals surface area contributed by atoms with Crippen molar-refractivity contribution in [1.82, 2.24) is 10.2 Å². The smallest absolute Gasteiger partial charge is 0.352 e. The van der Waals surface area contributed by atoms with Crippen molar-refractivity contribution >= 4 is 17.8 Å². The van der Waals surface area contributed by atoms with Gasteiger partial charge in [0.05, 0.1) is 23.7 Å². The number of carbonyl (C=O) groups is 3. The molecule has 2 aliphatic heterocycles. The molecule has 44 heavy (non-hydrogen) atoms. The molecule has 11 heteroatoms. The van der Waals surface area contributed by atoms with Crippen molar-refractivity contribution in [1.29, 1.82) is 0 Å². The number of hydrogen-bond donors (Lipinski definition) is 4. The standard InChI is InChI=1S/C33H39N3O8/c1-18(35-29(38)23(34)15-20-7-5-4-6-8-20)30(39)42-19(2)31(40)43-24-11-12-33(41)25-16-21-9-10-22(17-37)27-26(21)32(33,28(24)44-27)13-14-36(25)3/h4-11,18-19,23,25,28,37,41H,12-17,34H2,1-3H3,(H,35,38)/t18-,19-,23-,25+,28-,32-,33+/m0/s1. The van der Waals surface area contributed by atoms with Crippen molar-refractivity contribution in [3.8, 4) is 5.75 Å². The predicted octanol–water partition coefficient (Wildman–Crippen LogP) is 1.01. The van der Waals surface area contributed by atoms with E-state index in [9.17, 15) is 24.6 Å². The molecule has 7 atom stereocenters. The number of esters is 2. The van der Waals surface area contributed by atoms with Gasteiger partial charge < -0.3 is 40.4 Å². The summed E-state index contributed by atoms with van der Waals surface area (Å²) in [5.41, 5.74) is 7.44. The number of nitrogens with zero attached hydrogens (tertiary/aromatic N) is 1. The number of piperidine rings is 1. The summed E-state index contributed by atoms with van der Waals surface area (Å²) >= 11 is 0. The van der Waals surface area contributed by atoms with Gasteiger partial charge in [-0.3, -0.25) is 4.79 Å². The lowest BCUT2D eigenvalue weighted by atomic mass is 9.50. The van der Waals surface area contributed by atoms with Crippen molar-refractivity contribution in [2.75, 3.05) is 13.6 Å². The molecule has 2 aromatic rings. The molecule has 0 radical (unpaired) electrons. The van der Waals surface area contributed by atoms with Gasteiger partial charge in [0.15, 0.2) is 12.2 Å². The van der Waals surface area contributed by atoms with Crippen LogP contribution in [0.3, 0.4) is 0 Å². The number of nitrogens with one attached hydrogen (secondary N) is 1. The van der Waals surface area contributed by atoms with Gasteiger partial charge in [0.1, 0.15) is 17.6 Å². The van der Waals surface area contributed by atoms with Gasteiger partial charge in [0, 0.05) is 23.6 Å². The summed E-state index contributed by atoms with van der Waals surface area (Å²) in [4.78, 5) is 40.8. The fourth-order valence-electron chi connectivity index (χ4n) is 7.50. The van der Waals surface area contributed by atoms with Gasteiger partial charge in [-0.2, -0.15) is 0 Å². The summed E-state index contributed by atoms with van der Waals surface area (Å²) in [5, 5.41) is 24.9. The van der Waals surface area contributed by atoms with E-state index in [1.807, 2.05) is 49.5 Å². The Kier molecular flexibility index (Phi) is 7.77. The van der Waals surface area contributed by atoms with E-state index >= 15 is 0 Å². The number of hydrogen-bond acceptors (Lipinski definition) is 10. The third kappa shape index (κ3) is 4.70. The normalized spacial score (nSPS) is 28.5. The molecule has 4 aliphatic rings. The van der Waals surface area contributed by atoms with E-state index in [2.05, 4.69) is 10.2 Å². The number of likely N-dealkylation sites (N-methyl/N-ethyl adjacent to an activating group) is 1. The molecule has 1 saturated heterocycles. The number of amides is 1. The van der Waals surface area contributed by atoms with E-state index in [0.29, 0.717) is 37.1 Å². The maximum absolute atomic E-state index is 13.2. The number of carbonyl (C=O) groups excluding carboxylic acids is 3. The molecule has 2 heterocycles. The van der Waals surface area contributed by atoms with Crippen LogP contribution in [-0.2, 0) is 48.7 Å². The van der Waals surface area contributed by atoms with Crippen LogP contribution in [-0.4, -0.2) is 82.5 Å². The SMILES string of the molecule is C[C@H](NC(=O)[C@@H](N)Cc1ccccc1)C(=O)O[C@@H](C)C(=O)OC1=CC[C@@]2(O)[C@H]3Cc4ccc(CO)c5c4[C@@]2(CCN3C)[C@H]1O5. The van der Waals surface area contributed by atoms with E-state index in [1.165, 1.54) is 13.8 Å². The topological polar surface area (TPSA) is 161 Å². The van der Waals surface area contributed by atoms with Gasteiger partial charge >= 0.3 is 11.9 Å². The number of ether oxygens (including phenoxy) is 3. The fraction of sp³-hybridized carbons (Fsp3) is 0.485. The maximum atomic E-state index is 13.2. The Morgan fingerprint density at radius 2 is 1.91 bits per heavy atom. The molecule has 2 aromatic carbocycles. The van der Waals surface area contributed by atoms with Crippen LogP contribution >= 0.6 is 0 Å². The average Bonchev–Trinajstić information content (AvgIpc) is 3.36. The van der Waals surface area contributed by atoms with Crippen LogP contribution in [0.15, 0.2) is 54.3 Å². The van der Waals surface area contributed by atoms with Crippen LogP contribution in [0.4, 0.5) is 0 Å². The van der Waals surface area contributed by atoms with Gasteiger partial charge in [0.2, 0.25) is 5.91 Å². The van der Waals surface area contributed by atoms with Crippen molar-refractivity contribution in [3.05, 3.63) is 76.6 Å². The second-order valence-electron chi connectivity index (χ2n) is 12.4. The van der Waals surface area contributed by atoms with Gasteiger partial charge in [-0.1, -0.05) is 42.5 Å². The molecule has 5 N–H and O–H groups in total. The molecule has 11 nitrogen and oxygen atoms in total. The predicted molar refractivity (Wildman–Crippen MR) is 158 cm³/mol. The first-order valence-corrected chi connectivity index (χ1v) is 15.1. The Morgan fingerprint density at radius 3 is 2.64 bits per heavy atom. The van der Waals surface area contributed by atoms with Crippen molar-refractivity contribution in [3.63, 3.8) is 0 Å². The monoisotopic (exact) mass is 605 g/mol. The first-order valence-electron chi connectivity index (χ1n) is 15.1. The zero-order valence-corrected chi connectivity index (χ0v) is 25.1. The summed E-state index contributed by atoms with van der Waals surface area (Å²) in [6, 6.07) is 11.0. The minimum atomic E-state index is -1.29. The van der Waals surface area contributed by atoms with Crippen LogP contribution in [0.25, 0.3) is 0 Å². The Balaban J connectivity index is 1.14. The van der Waals surface area contributed by atoms with Crippen molar-refractivity contribution < 1.29 is 38.8 Å². The van der Waals surface area contributed by atoms with Crippen LogP contribution in [0.1, 0.15) is 48.9 Å². The zero-order chi connectivity index (χ0) is 31.4. The van der Waals surface area contributed by atoms with Gasteiger partial charge in [-0.05, 0) is 63.9 Å². The van der Waals surface area contributed by atoms with Gasteiger partial charge in [-0.15, -0.1) is 0 Å². The fourth-order valence-corrected chi connectivity index (χ4v) is 7.50. The Labute approximate surface area is 256 Å². The Morgan fingerprint density at radius 1 is 1.16 bits per heavy atom. The van der Waals surface area contributed by atoms with E-state index in [0.717, 1.165) is 16.7 Å². The first-order chi connectivity index (χ1) is 21.0. The second-order valence-corrected chi connectivity index (χ2v) is 12.4. The van der Waals surface area contributed by atoms with Gasteiger partial charge in [0.25, 0.3) is 0 Å². The number of rotatable bonds is 9. The van der Waals surface area contributed by atoms with E-state index in [-0.39, 0.29) is 24.8 Å². The zero-order valence-electron chi connectivity index (χ0n) is 25.1. The molecule has 2 bridgehead atoms. The largest absolute Gasteiger partial charge is 0.481 e. The lowest BCUT2D eigenvalue weighted by Gasteiger charge is -2.61. The lowest BCUT2D eigenvalue weighted by Crippen LogP contribution is -2.74. The summed E-state index contributed by atoms with van der Waals surface area (Å²) in [5.74, 6) is -1.36. The second kappa shape index (κ2) is 11.3. The average molecular weight is 606 g/mol. The molecule has 234 valence electrons. The summed E-state index contributed by atoms with van der Waals surface area (Å²) in [7, 11) is 2.00. The third-order valence-electron chi connectivity index (χ3n) is 9.82. The van der Waals surface area contributed by atoms with Gasteiger partial charge in [-0.25, -0.2) is 9.59 Å². The molecule has 2 aliphatic carbocycles. The van der Waals surface area contributed by atoms with E-state index in [4.69, 9.17) is 19.9 Å². The highest BCUT2D eigenvalue weighted by Gasteiger charge is 2.72. The van der Waals surface area contributed by atoms with Crippen LogP contribution < -0.4 is 15.8 Å². The highest BCUT2D eigenvalue weighted by atomic mass is 16.6. The molecule has 1 spiro atoms. The maximum Gasteiger partial charge on any atom is 0.352 e. The molecule has 0 aromatic heterocycles. The Bertz CT molecular complexity index is 1510. The van der Waals surface area contributed by atoms with E-state index < -0.39 is 53.2 Å². The van der Waals surface area contributed by atoms with Crippen molar-refractivity contribution in [2.24, 2.45) is 5.73 Å². The van der Waals surface area contributed by atoms with Crippen LogP contribution in [0, 0.1) is 0 Å². The van der Waals surface area contributed by atoms with Crippen LogP contribution in [0.2, 0.25) is 0 Å². The highest BCUT2D eigenvalue weighted by Crippen LogP contribution is 2.64. The molecule has 6 rings (SSSR count). The summed E-state index contributed by atoms with van der Waals surface area (Å²) in [6.45, 7) is 3.33. The van der Waals surface area contributed by atoms with Crippen molar-refractivity contribution in [2.45, 2.75) is 87.5 Å². The number of benzene rings is 2. The number of likely N-dealkylation sites (tertiary alicyclic amines) is 1. The number of aliphatic hydroxyl groups excluding tert-OH is 1. The molecule has 0 unspecified atom stereocenters. The lowest BCUT2D eigenvalue weighted by molar-refractivity contribution is -0.176. The summed E-state index contributed by atoms with van der Waals surface area (Å²) in [6.07, 6.45) is 1.35. The highest BCUT2D eigenvalue weighted by molar-refractivity contribution is 5.88. The van der Waals surface area contributed by atoms with Crippen LogP contribution in [0.5, 0.6) is 5.75 Å². The van der Waals surface area contributed by atoms with E-state index in [1.54, 1.807) is 6.08 Å². The molecule has 1 amide bonds. The first kappa shape index (κ1) is 30.3. The molecule has 0 saturated carbocycles. The Hall–Kier alpha value is -3.77.